The van der Waals surface area contributed by atoms with E-state index in [-0.39, 0.29) is 5.69 Å². The number of esters is 1. The molecule has 1 aromatic carbocycles. The number of hydrogen-bond donors (Lipinski definition) is 0. The average Bonchev–Trinajstić information content (AvgIpc) is 3.03. The lowest BCUT2D eigenvalue weighted by Crippen LogP contribution is -2.04. The SMILES string of the molecule is COC(=O)c1noc2c1Cc1cc(OC)c(OC)cc1-2. The van der Waals surface area contributed by atoms with Crippen molar-refractivity contribution in [3.63, 3.8) is 0 Å². The molecule has 20 heavy (non-hydrogen) atoms. The van der Waals surface area contributed by atoms with Gasteiger partial charge in [0.1, 0.15) is 0 Å². The van der Waals surface area contributed by atoms with Crippen LogP contribution in [0.1, 0.15) is 21.6 Å². The number of carbonyl (C=O) groups is 1. The molecule has 1 aromatic heterocycles. The fourth-order valence-corrected chi connectivity index (χ4v) is 2.41. The van der Waals surface area contributed by atoms with Crippen molar-refractivity contribution in [1.29, 1.82) is 0 Å². The molecule has 0 spiro atoms. The van der Waals surface area contributed by atoms with Crippen LogP contribution >= 0.6 is 0 Å². The number of aromatic nitrogens is 1. The molecule has 0 N–H and O–H groups in total. The Bertz CT molecular complexity index is 689. The molecule has 0 saturated heterocycles. The van der Waals surface area contributed by atoms with E-state index in [0.29, 0.717) is 23.7 Å². The zero-order chi connectivity index (χ0) is 14.3. The van der Waals surface area contributed by atoms with Gasteiger partial charge in [0, 0.05) is 17.5 Å². The van der Waals surface area contributed by atoms with E-state index in [1.54, 1.807) is 14.2 Å². The highest BCUT2D eigenvalue weighted by Crippen LogP contribution is 2.43. The molecule has 1 heterocycles. The molecular formula is C14H13NO5. The Labute approximate surface area is 115 Å². The lowest BCUT2D eigenvalue weighted by Gasteiger charge is -2.09. The van der Waals surface area contributed by atoms with Crippen LogP contribution in [0.5, 0.6) is 11.5 Å². The van der Waals surface area contributed by atoms with Gasteiger partial charge in [-0.25, -0.2) is 4.79 Å². The topological polar surface area (TPSA) is 70.8 Å². The van der Waals surface area contributed by atoms with Crippen LogP contribution in [0.3, 0.4) is 0 Å². The molecule has 0 radical (unpaired) electrons. The first-order valence-electron chi connectivity index (χ1n) is 6.01. The van der Waals surface area contributed by atoms with Gasteiger partial charge in [-0.15, -0.1) is 0 Å². The first kappa shape index (κ1) is 12.5. The van der Waals surface area contributed by atoms with Gasteiger partial charge in [0.05, 0.1) is 21.3 Å². The second kappa shape index (κ2) is 4.56. The van der Waals surface area contributed by atoms with Crippen LogP contribution in [0.25, 0.3) is 11.3 Å². The highest BCUT2D eigenvalue weighted by Gasteiger charge is 2.31. The Kier molecular flexibility index (Phi) is 2.85. The third kappa shape index (κ3) is 1.65. The Morgan fingerprint density at radius 2 is 1.90 bits per heavy atom. The molecular weight excluding hydrogens is 262 g/mol. The first-order chi connectivity index (χ1) is 9.69. The summed E-state index contributed by atoms with van der Waals surface area (Å²) >= 11 is 0. The summed E-state index contributed by atoms with van der Waals surface area (Å²) in [7, 11) is 4.47. The van der Waals surface area contributed by atoms with Crippen molar-refractivity contribution in [3.8, 4) is 22.8 Å². The largest absolute Gasteiger partial charge is 0.493 e. The first-order valence-corrected chi connectivity index (χ1v) is 6.01. The van der Waals surface area contributed by atoms with Crippen molar-refractivity contribution in [2.24, 2.45) is 0 Å². The zero-order valence-corrected chi connectivity index (χ0v) is 11.4. The predicted molar refractivity (Wildman–Crippen MR) is 69.2 cm³/mol. The average molecular weight is 275 g/mol. The van der Waals surface area contributed by atoms with Crippen LogP contribution < -0.4 is 9.47 Å². The molecule has 6 heteroatoms. The van der Waals surface area contributed by atoms with Crippen molar-refractivity contribution in [3.05, 3.63) is 29.0 Å². The maximum absolute atomic E-state index is 11.6. The minimum absolute atomic E-state index is 0.219. The molecule has 6 nitrogen and oxygen atoms in total. The second-order valence-corrected chi connectivity index (χ2v) is 4.37. The Balaban J connectivity index is 2.12. The van der Waals surface area contributed by atoms with Crippen LogP contribution in [-0.2, 0) is 11.2 Å². The molecule has 2 aromatic rings. The molecule has 3 rings (SSSR count). The molecule has 1 aliphatic carbocycles. The maximum Gasteiger partial charge on any atom is 0.360 e. The number of hydrogen-bond acceptors (Lipinski definition) is 6. The quantitative estimate of drug-likeness (QED) is 0.681. The van der Waals surface area contributed by atoms with E-state index >= 15 is 0 Å². The lowest BCUT2D eigenvalue weighted by atomic mass is 10.1. The number of methoxy groups -OCH3 is 3. The van der Waals surface area contributed by atoms with E-state index in [9.17, 15) is 4.79 Å². The summed E-state index contributed by atoms with van der Waals surface area (Å²) in [5, 5.41) is 3.78. The van der Waals surface area contributed by atoms with Gasteiger partial charge in [0.25, 0.3) is 0 Å². The predicted octanol–water partition coefficient (Wildman–Crippen LogP) is 2.05. The van der Waals surface area contributed by atoms with E-state index in [1.165, 1.54) is 7.11 Å². The summed E-state index contributed by atoms with van der Waals surface area (Å²) in [6.07, 6.45) is 0.555. The van der Waals surface area contributed by atoms with E-state index in [2.05, 4.69) is 5.16 Å². The molecule has 0 unspecified atom stereocenters. The van der Waals surface area contributed by atoms with Gasteiger partial charge in [-0.3, -0.25) is 0 Å². The van der Waals surface area contributed by atoms with Crippen LogP contribution in [0.4, 0.5) is 0 Å². The van der Waals surface area contributed by atoms with Gasteiger partial charge in [-0.2, -0.15) is 0 Å². The van der Waals surface area contributed by atoms with Crippen LogP contribution in [0.2, 0.25) is 0 Å². The van der Waals surface area contributed by atoms with Gasteiger partial charge >= 0.3 is 5.97 Å². The van der Waals surface area contributed by atoms with Crippen molar-refractivity contribution in [2.75, 3.05) is 21.3 Å². The lowest BCUT2D eigenvalue weighted by molar-refractivity contribution is 0.0588. The van der Waals surface area contributed by atoms with Crippen LogP contribution in [-0.4, -0.2) is 32.5 Å². The summed E-state index contributed by atoms with van der Waals surface area (Å²) in [6, 6.07) is 3.71. The zero-order valence-electron chi connectivity index (χ0n) is 11.4. The highest BCUT2D eigenvalue weighted by atomic mass is 16.5. The molecule has 1 aliphatic rings. The monoisotopic (exact) mass is 275 g/mol. The summed E-state index contributed by atoms with van der Waals surface area (Å²) < 4.78 is 20.5. The van der Waals surface area contributed by atoms with Crippen LogP contribution in [0.15, 0.2) is 16.7 Å². The second-order valence-electron chi connectivity index (χ2n) is 4.37. The summed E-state index contributed by atoms with van der Waals surface area (Å²) in [6.45, 7) is 0. The summed E-state index contributed by atoms with van der Waals surface area (Å²) in [5.41, 5.74) is 2.82. The third-order valence-electron chi connectivity index (χ3n) is 3.39. The third-order valence-corrected chi connectivity index (χ3v) is 3.39. The molecule has 0 amide bonds. The van der Waals surface area contributed by atoms with E-state index < -0.39 is 5.97 Å². The van der Waals surface area contributed by atoms with Crippen molar-refractivity contribution >= 4 is 5.97 Å². The molecule has 0 bridgehead atoms. The minimum Gasteiger partial charge on any atom is -0.493 e. The Morgan fingerprint density at radius 3 is 2.55 bits per heavy atom. The smallest absolute Gasteiger partial charge is 0.360 e. The van der Waals surface area contributed by atoms with Crippen molar-refractivity contribution in [1.82, 2.24) is 5.16 Å². The van der Waals surface area contributed by atoms with Crippen molar-refractivity contribution in [2.45, 2.75) is 6.42 Å². The highest BCUT2D eigenvalue weighted by molar-refractivity contribution is 5.92. The van der Waals surface area contributed by atoms with E-state index in [1.807, 2.05) is 12.1 Å². The molecule has 0 fully saturated rings. The molecule has 0 atom stereocenters. The maximum atomic E-state index is 11.6. The number of carbonyl (C=O) groups excluding carboxylic acids is 1. The van der Waals surface area contributed by atoms with Gasteiger partial charge < -0.3 is 18.7 Å². The van der Waals surface area contributed by atoms with Gasteiger partial charge in [-0.1, -0.05) is 5.16 Å². The van der Waals surface area contributed by atoms with Crippen LogP contribution in [0, 0.1) is 0 Å². The molecule has 0 aliphatic heterocycles. The number of rotatable bonds is 3. The molecule has 104 valence electrons. The summed E-state index contributed by atoms with van der Waals surface area (Å²) in [5.74, 6) is 1.34. The Hall–Kier alpha value is -2.50. The fourth-order valence-electron chi connectivity index (χ4n) is 2.41. The minimum atomic E-state index is -0.498. The van der Waals surface area contributed by atoms with Gasteiger partial charge in [-0.05, 0) is 17.7 Å². The number of ether oxygens (including phenoxy) is 3. The summed E-state index contributed by atoms with van der Waals surface area (Å²) in [4.78, 5) is 11.6. The molecule has 0 saturated carbocycles. The van der Waals surface area contributed by atoms with E-state index in [4.69, 9.17) is 18.7 Å². The normalized spacial score (nSPS) is 11.8. The standard InChI is InChI=1S/C14H13NO5/c1-17-10-5-7-4-9-12(14(16)19-3)15-20-13(9)8(7)6-11(10)18-2/h5-6H,4H2,1-3H3. The number of nitrogens with zero attached hydrogens (tertiary/aromatic N) is 1. The van der Waals surface area contributed by atoms with Crippen molar-refractivity contribution < 1.29 is 23.5 Å². The number of fused-ring (bicyclic) bond motifs is 3. The van der Waals surface area contributed by atoms with Gasteiger partial charge in [0.15, 0.2) is 23.0 Å². The Morgan fingerprint density at radius 1 is 1.20 bits per heavy atom. The van der Waals surface area contributed by atoms with Gasteiger partial charge in [0.2, 0.25) is 0 Å². The fraction of sp³-hybridized carbons (Fsp3) is 0.286. The number of benzene rings is 1. The van der Waals surface area contributed by atoms with E-state index in [0.717, 1.165) is 16.7 Å².